The summed E-state index contributed by atoms with van der Waals surface area (Å²) in [4.78, 5) is 26.3. The Morgan fingerprint density at radius 3 is 1.16 bits per heavy atom. The highest BCUT2D eigenvalue weighted by atomic mass is 16.5. The van der Waals surface area contributed by atoms with Crippen LogP contribution in [-0.4, -0.2) is 46.9 Å². The lowest BCUT2D eigenvalue weighted by Crippen LogP contribution is -2.46. The summed E-state index contributed by atoms with van der Waals surface area (Å²) in [5.74, 6) is -0.480. The molecule has 0 rings (SSSR count). The van der Waals surface area contributed by atoms with Gasteiger partial charge in [0.25, 0.3) is 0 Å². The molecule has 0 aliphatic heterocycles. The fraction of sp³-hybridized carbons (Fsp3) is 0.871. The molecule has 6 nitrogen and oxygen atoms in total. The quantitative estimate of drug-likeness (QED) is 0.0321. The van der Waals surface area contributed by atoms with Gasteiger partial charge in [0.1, 0.15) is 6.10 Å². The highest BCUT2D eigenvalue weighted by Crippen LogP contribution is 2.19. The second-order valence-corrected chi connectivity index (χ2v) is 20.8. The number of nitrogens with one attached hydrogen (secondary N) is 1. The molecule has 3 atom stereocenters. The van der Waals surface area contributed by atoms with Crippen molar-refractivity contribution in [3.63, 3.8) is 0 Å². The molecule has 0 bridgehead atoms. The Bertz CT molecular complexity index is 1120. The summed E-state index contributed by atoms with van der Waals surface area (Å²) in [6, 6.07) is -0.704. The Kier molecular flexibility index (Phi) is 54.4. The van der Waals surface area contributed by atoms with Crippen molar-refractivity contribution in [2.75, 3.05) is 6.61 Å². The van der Waals surface area contributed by atoms with E-state index in [0.29, 0.717) is 19.3 Å². The number of hydrogen-bond donors (Lipinski definition) is 3. The van der Waals surface area contributed by atoms with Crippen LogP contribution in [0.15, 0.2) is 36.5 Å². The molecule has 68 heavy (non-hydrogen) atoms. The second kappa shape index (κ2) is 56.0. The Hall–Kier alpha value is -1.92. The Morgan fingerprint density at radius 1 is 0.426 bits per heavy atom. The average molecular weight is 957 g/mol. The van der Waals surface area contributed by atoms with E-state index in [2.05, 4.69) is 62.5 Å². The molecule has 0 aromatic carbocycles. The first-order chi connectivity index (χ1) is 33.5. The number of carbonyl (C=O) groups is 2. The van der Waals surface area contributed by atoms with Crippen LogP contribution in [-0.2, 0) is 14.3 Å². The monoisotopic (exact) mass is 956 g/mol. The zero-order valence-corrected chi connectivity index (χ0v) is 45.8. The first-order valence-electron chi connectivity index (χ1n) is 30.2. The Labute approximate surface area is 424 Å². The lowest BCUT2D eigenvalue weighted by atomic mass is 10.0. The van der Waals surface area contributed by atoms with E-state index in [0.717, 1.165) is 70.6 Å². The largest absolute Gasteiger partial charge is 0.462 e. The van der Waals surface area contributed by atoms with Crippen LogP contribution in [0.4, 0.5) is 0 Å². The lowest BCUT2D eigenvalue weighted by molar-refractivity contribution is -0.151. The Balaban J connectivity index is 4.55. The van der Waals surface area contributed by atoms with E-state index in [1.54, 1.807) is 0 Å². The summed E-state index contributed by atoms with van der Waals surface area (Å²) in [6.45, 7) is 6.50. The molecule has 0 aromatic heterocycles. The molecule has 400 valence electrons. The van der Waals surface area contributed by atoms with Crippen molar-refractivity contribution in [3.05, 3.63) is 36.5 Å². The minimum atomic E-state index is -0.790. The number of unbranched alkanes of at least 4 members (excludes halogenated alkanes) is 37. The third-order valence-corrected chi connectivity index (χ3v) is 14.0. The third kappa shape index (κ3) is 50.5. The maximum atomic E-state index is 13.3. The van der Waals surface area contributed by atoms with Gasteiger partial charge < -0.3 is 20.3 Å². The molecule has 0 heterocycles. The second-order valence-electron chi connectivity index (χ2n) is 20.8. The number of esters is 1. The van der Waals surface area contributed by atoms with Gasteiger partial charge in [-0.2, -0.15) is 0 Å². The molecule has 0 spiro atoms. The van der Waals surface area contributed by atoms with E-state index in [4.69, 9.17) is 4.74 Å². The molecule has 0 aromatic rings. The number of rotatable bonds is 55. The van der Waals surface area contributed by atoms with Gasteiger partial charge in [0.2, 0.25) is 5.91 Å². The van der Waals surface area contributed by atoms with Crippen LogP contribution in [0.2, 0.25) is 0 Å². The maximum absolute atomic E-state index is 13.3. The molecule has 3 N–H and O–H groups in total. The van der Waals surface area contributed by atoms with Crippen LogP contribution in [0, 0.1) is 0 Å². The molecule has 6 heteroatoms. The van der Waals surface area contributed by atoms with Crippen LogP contribution in [0.25, 0.3) is 0 Å². The van der Waals surface area contributed by atoms with E-state index in [9.17, 15) is 19.8 Å². The van der Waals surface area contributed by atoms with Crippen LogP contribution >= 0.6 is 0 Å². The first-order valence-corrected chi connectivity index (χ1v) is 30.2. The zero-order chi connectivity index (χ0) is 49.5. The molecule has 0 fully saturated rings. The minimum absolute atomic E-state index is 0.0734. The number of amides is 1. The molecule has 0 aliphatic rings. The van der Waals surface area contributed by atoms with Crippen molar-refractivity contribution in [2.45, 2.75) is 341 Å². The van der Waals surface area contributed by atoms with E-state index in [1.165, 1.54) is 205 Å². The van der Waals surface area contributed by atoms with Crippen LogP contribution in [0.3, 0.4) is 0 Å². The van der Waals surface area contributed by atoms with E-state index >= 15 is 0 Å². The average Bonchev–Trinajstić information content (AvgIpc) is 3.33. The number of aliphatic hydroxyl groups is 2. The fourth-order valence-corrected chi connectivity index (χ4v) is 9.38. The summed E-state index contributed by atoms with van der Waals surface area (Å²) < 4.78 is 5.97. The van der Waals surface area contributed by atoms with Gasteiger partial charge in [-0.15, -0.1) is 0 Å². The smallest absolute Gasteiger partial charge is 0.306 e. The van der Waals surface area contributed by atoms with Gasteiger partial charge in [0.15, 0.2) is 0 Å². The zero-order valence-electron chi connectivity index (χ0n) is 45.8. The number of hydrogen-bond acceptors (Lipinski definition) is 5. The standard InChI is InChI=1S/C62H117NO5/c1-4-7-10-13-16-19-22-25-28-31-34-37-40-43-46-49-52-55-62(67)68-58(53-50-47-44-41-38-35-32-29-26-23-20-17-14-11-8-5-2)56-61(66)63-59(57-64)60(65)54-51-48-45-42-39-36-33-30-27-24-21-18-15-12-9-6-3/h16,19,25,28,34,37,58-60,64-65H,4-15,17-18,20-24,26-27,29-33,35-36,38-57H2,1-3H3,(H,63,66)/b19-16-,28-25-,37-34-. The third-order valence-electron chi connectivity index (χ3n) is 14.0. The highest BCUT2D eigenvalue weighted by Gasteiger charge is 2.24. The van der Waals surface area contributed by atoms with Gasteiger partial charge in [-0.1, -0.05) is 282 Å². The van der Waals surface area contributed by atoms with Gasteiger partial charge in [0.05, 0.1) is 25.2 Å². The molecular weight excluding hydrogens is 839 g/mol. The first kappa shape index (κ1) is 66.1. The topological polar surface area (TPSA) is 95.9 Å². The van der Waals surface area contributed by atoms with Gasteiger partial charge in [0, 0.05) is 6.42 Å². The predicted molar refractivity (Wildman–Crippen MR) is 296 cm³/mol. The van der Waals surface area contributed by atoms with Gasteiger partial charge >= 0.3 is 5.97 Å². The van der Waals surface area contributed by atoms with Crippen molar-refractivity contribution < 1.29 is 24.5 Å². The highest BCUT2D eigenvalue weighted by molar-refractivity contribution is 5.77. The summed E-state index contributed by atoms with van der Waals surface area (Å²) >= 11 is 0. The van der Waals surface area contributed by atoms with Crippen LogP contribution in [0.1, 0.15) is 323 Å². The van der Waals surface area contributed by atoms with Gasteiger partial charge in [-0.05, 0) is 64.2 Å². The van der Waals surface area contributed by atoms with Crippen molar-refractivity contribution >= 4 is 11.9 Å². The number of ether oxygens (including phenoxy) is 1. The van der Waals surface area contributed by atoms with Crippen LogP contribution in [0.5, 0.6) is 0 Å². The predicted octanol–water partition coefficient (Wildman–Crippen LogP) is 18.8. The minimum Gasteiger partial charge on any atom is -0.462 e. The Morgan fingerprint density at radius 2 is 0.750 bits per heavy atom. The van der Waals surface area contributed by atoms with E-state index < -0.39 is 18.2 Å². The maximum Gasteiger partial charge on any atom is 0.306 e. The number of carbonyl (C=O) groups excluding carboxylic acids is 2. The SMILES string of the molecule is CCCCC/C=C\C/C=C\C/C=C\CCCCCCC(=O)OC(CCCCCCCCCCCCCCCCCC)CC(=O)NC(CO)C(O)CCCCCCCCCCCCCCCCCC. The van der Waals surface area contributed by atoms with E-state index in [1.807, 2.05) is 0 Å². The number of allylic oxidation sites excluding steroid dienone is 6. The van der Waals surface area contributed by atoms with Crippen molar-refractivity contribution in [3.8, 4) is 0 Å². The summed E-state index contributed by atoms with van der Waals surface area (Å²) in [6.07, 6.45) is 67.8. The molecular formula is C62H117NO5. The summed E-state index contributed by atoms with van der Waals surface area (Å²) in [5, 5.41) is 23.9. The normalized spacial score (nSPS) is 13.3. The summed E-state index contributed by atoms with van der Waals surface area (Å²) in [7, 11) is 0. The molecule has 0 radical (unpaired) electrons. The van der Waals surface area contributed by atoms with Crippen molar-refractivity contribution in [1.29, 1.82) is 0 Å². The van der Waals surface area contributed by atoms with Gasteiger partial charge in [-0.3, -0.25) is 9.59 Å². The molecule has 0 saturated carbocycles. The van der Waals surface area contributed by atoms with Crippen molar-refractivity contribution in [1.82, 2.24) is 5.32 Å². The molecule has 1 amide bonds. The van der Waals surface area contributed by atoms with Gasteiger partial charge in [-0.25, -0.2) is 0 Å². The summed E-state index contributed by atoms with van der Waals surface area (Å²) in [5.41, 5.74) is 0. The van der Waals surface area contributed by atoms with E-state index in [-0.39, 0.29) is 24.9 Å². The lowest BCUT2D eigenvalue weighted by Gasteiger charge is -2.24. The number of aliphatic hydroxyl groups excluding tert-OH is 2. The van der Waals surface area contributed by atoms with Crippen LogP contribution < -0.4 is 5.32 Å². The molecule has 3 unspecified atom stereocenters. The molecule has 0 saturated heterocycles. The fourth-order valence-electron chi connectivity index (χ4n) is 9.38. The molecule has 0 aliphatic carbocycles. The van der Waals surface area contributed by atoms with Crippen molar-refractivity contribution in [2.24, 2.45) is 0 Å².